The molecule has 6 heteroatoms. The molecule has 0 aromatic heterocycles. The third-order valence-electron chi connectivity index (χ3n) is 4.55. The van der Waals surface area contributed by atoms with E-state index in [2.05, 4.69) is 36.3 Å². The van der Waals surface area contributed by atoms with Crippen molar-refractivity contribution in [3.05, 3.63) is 28.8 Å². The maximum atomic E-state index is 6.04. The molecule has 1 fully saturated rings. The summed E-state index contributed by atoms with van der Waals surface area (Å²) < 4.78 is 5.41. The molecular formula is C20H33ClN4O. The average molecular weight is 381 g/mol. The van der Waals surface area contributed by atoms with Crippen molar-refractivity contribution >= 4 is 17.6 Å². The van der Waals surface area contributed by atoms with E-state index in [4.69, 9.17) is 21.3 Å². The molecule has 1 saturated heterocycles. The van der Waals surface area contributed by atoms with Crippen LogP contribution in [0.25, 0.3) is 0 Å². The first-order chi connectivity index (χ1) is 12.5. The third kappa shape index (κ3) is 6.69. The molecule has 2 rings (SSSR count). The van der Waals surface area contributed by atoms with Gasteiger partial charge in [0.2, 0.25) is 0 Å². The molecule has 0 bridgehead atoms. The summed E-state index contributed by atoms with van der Waals surface area (Å²) in [7, 11) is 1.66. The van der Waals surface area contributed by atoms with Crippen molar-refractivity contribution in [1.29, 1.82) is 0 Å². The molecular weight excluding hydrogens is 348 g/mol. The van der Waals surface area contributed by atoms with Gasteiger partial charge in [-0.1, -0.05) is 31.5 Å². The molecule has 146 valence electrons. The molecule has 2 N–H and O–H groups in total. The number of halogens is 1. The number of aliphatic imine (C=N–C) groups is 1. The van der Waals surface area contributed by atoms with Gasteiger partial charge in [-0.05, 0) is 37.8 Å². The molecule has 1 aromatic carbocycles. The van der Waals surface area contributed by atoms with E-state index in [1.807, 2.05) is 18.2 Å². The van der Waals surface area contributed by atoms with Crippen LogP contribution in [0.3, 0.4) is 0 Å². The first-order valence-electron chi connectivity index (χ1n) is 9.61. The van der Waals surface area contributed by atoms with Gasteiger partial charge < -0.3 is 20.3 Å². The Balaban J connectivity index is 1.93. The molecule has 1 heterocycles. The van der Waals surface area contributed by atoms with Gasteiger partial charge >= 0.3 is 0 Å². The lowest BCUT2D eigenvalue weighted by molar-refractivity contribution is 0.187. The van der Waals surface area contributed by atoms with Gasteiger partial charge in [0, 0.05) is 42.8 Å². The summed E-state index contributed by atoms with van der Waals surface area (Å²) in [5.74, 6) is 2.37. The predicted molar refractivity (Wildman–Crippen MR) is 110 cm³/mol. The highest BCUT2D eigenvalue weighted by Gasteiger charge is 2.20. The van der Waals surface area contributed by atoms with Crippen LogP contribution in [0.5, 0.6) is 5.75 Å². The van der Waals surface area contributed by atoms with Crippen LogP contribution in [0.15, 0.2) is 23.2 Å². The first-order valence-corrected chi connectivity index (χ1v) is 9.99. The number of guanidine groups is 1. The van der Waals surface area contributed by atoms with E-state index in [9.17, 15) is 0 Å². The van der Waals surface area contributed by atoms with Gasteiger partial charge in [0.05, 0.1) is 13.7 Å². The Labute approximate surface area is 163 Å². The van der Waals surface area contributed by atoms with Gasteiger partial charge in [0.25, 0.3) is 0 Å². The summed E-state index contributed by atoms with van der Waals surface area (Å²) in [6.07, 6.45) is 2.31. The lowest BCUT2D eigenvalue weighted by Crippen LogP contribution is -2.49. The number of hydrogen-bond acceptors (Lipinski definition) is 3. The number of benzene rings is 1. The van der Waals surface area contributed by atoms with E-state index in [1.54, 1.807) is 7.11 Å². The molecule has 1 aliphatic heterocycles. The van der Waals surface area contributed by atoms with Crippen LogP contribution >= 0.6 is 11.6 Å². The van der Waals surface area contributed by atoms with Crippen molar-refractivity contribution in [2.75, 3.05) is 33.3 Å². The number of likely N-dealkylation sites (tertiary alicyclic amines) is 1. The van der Waals surface area contributed by atoms with Crippen LogP contribution in [-0.4, -0.2) is 50.2 Å². The highest BCUT2D eigenvalue weighted by atomic mass is 35.5. The quantitative estimate of drug-likeness (QED) is 0.561. The van der Waals surface area contributed by atoms with Crippen LogP contribution in [0.4, 0.5) is 0 Å². The Morgan fingerprint density at radius 2 is 2.08 bits per heavy atom. The SMILES string of the molecule is CCNC(=NCc1ccc(Cl)cc1OC)NC1CCN(CC(C)C)CC1. The summed E-state index contributed by atoms with van der Waals surface area (Å²) in [6, 6.07) is 6.15. The van der Waals surface area contributed by atoms with Crippen molar-refractivity contribution < 1.29 is 4.74 Å². The zero-order valence-corrected chi connectivity index (χ0v) is 17.3. The van der Waals surface area contributed by atoms with E-state index >= 15 is 0 Å². The number of nitrogens with one attached hydrogen (secondary N) is 2. The number of ether oxygens (including phenoxy) is 1. The van der Waals surface area contributed by atoms with E-state index in [0.717, 1.165) is 55.7 Å². The van der Waals surface area contributed by atoms with Crippen LogP contribution in [0, 0.1) is 5.92 Å². The molecule has 1 aromatic rings. The maximum absolute atomic E-state index is 6.04. The summed E-state index contributed by atoms with van der Waals surface area (Å²) in [4.78, 5) is 7.30. The minimum Gasteiger partial charge on any atom is -0.496 e. The zero-order chi connectivity index (χ0) is 18.9. The topological polar surface area (TPSA) is 48.9 Å². The fraction of sp³-hybridized carbons (Fsp3) is 0.650. The molecule has 5 nitrogen and oxygen atoms in total. The Morgan fingerprint density at radius 3 is 2.69 bits per heavy atom. The van der Waals surface area contributed by atoms with Crippen molar-refractivity contribution in [2.45, 2.75) is 46.2 Å². The van der Waals surface area contributed by atoms with E-state index < -0.39 is 0 Å². The van der Waals surface area contributed by atoms with Crippen molar-refractivity contribution in [2.24, 2.45) is 10.9 Å². The van der Waals surface area contributed by atoms with Gasteiger partial charge in [0.1, 0.15) is 5.75 Å². The van der Waals surface area contributed by atoms with E-state index in [0.29, 0.717) is 17.6 Å². The molecule has 0 aliphatic carbocycles. The summed E-state index contributed by atoms with van der Waals surface area (Å²) in [6.45, 7) is 11.6. The Hall–Kier alpha value is -1.46. The number of piperidine rings is 1. The minimum absolute atomic E-state index is 0.475. The average Bonchev–Trinajstić information content (AvgIpc) is 2.61. The lowest BCUT2D eigenvalue weighted by Gasteiger charge is -2.34. The first kappa shape index (κ1) is 20.8. The van der Waals surface area contributed by atoms with Crippen molar-refractivity contribution in [3.8, 4) is 5.75 Å². The second-order valence-corrected chi connectivity index (χ2v) is 7.70. The molecule has 26 heavy (non-hydrogen) atoms. The molecule has 0 spiro atoms. The number of rotatable bonds is 7. The summed E-state index contributed by atoms with van der Waals surface area (Å²) >= 11 is 6.04. The fourth-order valence-corrected chi connectivity index (χ4v) is 3.46. The molecule has 0 amide bonds. The Morgan fingerprint density at radius 1 is 1.35 bits per heavy atom. The van der Waals surface area contributed by atoms with Gasteiger partial charge in [0.15, 0.2) is 5.96 Å². The highest BCUT2D eigenvalue weighted by molar-refractivity contribution is 6.30. The molecule has 0 radical (unpaired) electrons. The fourth-order valence-electron chi connectivity index (χ4n) is 3.30. The molecule has 0 unspecified atom stereocenters. The maximum Gasteiger partial charge on any atom is 0.191 e. The largest absolute Gasteiger partial charge is 0.496 e. The standard InChI is InChI=1S/C20H33ClN4O/c1-5-22-20(23-13-16-6-7-17(21)12-19(16)26-4)24-18-8-10-25(11-9-18)14-15(2)3/h6-7,12,15,18H,5,8-11,13-14H2,1-4H3,(H2,22,23,24). The zero-order valence-electron chi connectivity index (χ0n) is 16.5. The highest BCUT2D eigenvalue weighted by Crippen LogP contribution is 2.23. The number of methoxy groups -OCH3 is 1. The van der Waals surface area contributed by atoms with Gasteiger partial charge in [-0.25, -0.2) is 4.99 Å². The second-order valence-electron chi connectivity index (χ2n) is 7.26. The minimum atomic E-state index is 0.475. The molecule has 0 atom stereocenters. The Kier molecular flexibility index (Phi) is 8.52. The van der Waals surface area contributed by atoms with E-state index in [-0.39, 0.29) is 0 Å². The normalized spacial score (nSPS) is 16.8. The summed E-state index contributed by atoms with van der Waals surface area (Å²) in [5, 5.41) is 7.62. The molecule has 0 saturated carbocycles. The second kappa shape index (κ2) is 10.6. The van der Waals surface area contributed by atoms with Crippen LogP contribution in [-0.2, 0) is 6.54 Å². The third-order valence-corrected chi connectivity index (χ3v) is 4.79. The smallest absolute Gasteiger partial charge is 0.191 e. The predicted octanol–water partition coefficient (Wildman–Crippen LogP) is 3.52. The number of nitrogens with zero attached hydrogens (tertiary/aromatic N) is 2. The van der Waals surface area contributed by atoms with Gasteiger partial charge in [-0.2, -0.15) is 0 Å². The van der Waals surface area contributed by atoms with Crippen LogP contribution in [0.2, 0.25) is 5.02 Å². The van der Waals surface area contributed by atoms with E-state index in [1.165, 1.54) is 6.54 Å². The lowest BCUT2D eigenvalue weighted by atomic mass is 10.0. The monoisotopic (exact) mass is 380 g/mol. The molecule has 1 aliphatic rings. The van der Waals surface area contributed by atoms with Crippen LogP contribution in [0.1, 0.15) is 39.2 Å². The van der Waals surface area contributed by atoms with Gasteiger partial charge in [-0.3, -0.25) is 0 Å². The number of hydrogen-bond donors (Lipinski definition) is 2. The Bertz CT molecular complexity index is 583. The summed E-state index contributed by atoms with van der Waals surface area (Å²) in [5.41, 5.74) is 1.03. The van der Waals surface area contributed by atoms with Crippen molar-refractivity contribution in [3.63, 3.8) is 0 Å². The van der Waals surface area contributed by atoms with Crippen LogP contribution < -0.4 is 15.4 Å². The van der Waals surface area contributed by atoms with Crippen molar-refractivity contribution in [1.82, 2.24) is 15.5 Å². The van der Waals surface area contributed by atoms with Gasteiger partial charge in [-0.15, -0.1) is 0 Å².